The summed E-state index contributed by atoms with van der Waals surface area (Å²) in [4.78, 5) is 27.1. The lowest BCUT2D eigenvalue weighted by atomic mass is 9.99. The maximum absolute atomic E-state index is 13.1. The van der Waals surface area contributed by atoms with Gasteiger partial charge in [0.1, 0.15) is 0 Å². The Labute approximate surface area is 159 Å². The van der Waals surface area contributed by atoms with E-state index in [1.807, 2.05) is 48.2 Å². The van der Waals surface area contributed by atoms with Crippen LogP contribution in [0.3, 0.4) is 0 Å². The monoisotopic (exact) mass is 366 g/mol. The zero-order chi connectivity index (χ0) is 19.2. The van der Waals surface area contributed by atoms with Crippen LogP contribution in [-0.4, -0.2) is 36.0 Å². The molecule has 1 aliphatic heterocycles. The van der Waals surface area contributed by atoms with Gasteiger partial charge in [0.05, 0.1) is 0 Å². The quantitative estimate of drug-likeness (QED) is 0.725. The first-order chi connectivity index (χ1) is 13.0. The number of aryl methyl sites for hydroxylation is 1. The number of para-hydroxylation sites is 1. The topological polar surface area (TPSA) is 87.5 Å². The fourth-order valence-electron chi connectivity index (χ4n) is 3.41. The number of nitrogens with zero attached hydrogens (tertiary/aromatic N) is 1. The van der Waals surface area contributed by atoms with E-state index in [0.29, 0.717) is 24.3 Å². The minimum atomic E-state index is -0.265. The normalized spacial score (nSPS) is 16.6. The average molecular weight is 366 g/mol. The van der Waals surface area contributed by atoms with E-state index in [2.05, 4.69) is 10.6 Å². The fourth-order valence-corrected chi connectivity index (χ4v) is 3.41. The number of nitrogens with two attached hydrogens (primary N) is 1. The van der Waals surface area contributed by atoms with Crippen LogP contribution in [0, 0.1) is 6.92 Å². The molecule has 0 saturated carbocycles. The summed E-state index contributed by atoms with van der Waals surface area (Å²) in [7, 11) is 0. The van der Waals surface area contributed by atoms with Crippen LogP contribution in [0.1, 0.15) is 35.2 Å². The second kappa shape index (κ2) is 8.58. The van der Waals surface area contributed by atoms with Crippen LogP contribution < -0.4 is 16.4 Å². The third kappa shape index (κ3) is 4.78. The number of anilines is 2. The van der Waals surface area contributed by atoms with Crippen LogP contribution in [-0.2, 0) is 0 Å². The van der Waals surface area contributed by atoms with Crippen LogP contribution in [0.15, 0.2) is 48.5 Å². The van der Waals surface area contributed by atoms with Gasteiger partial charge in [-0.25, -0.2) is 4.79 Å². The standard InChI is InChI=1S/C21H26N4O2/c1-15-10-11-16(22)13-19(15)20(26)25-12-6-5-9-18(25)14-23-21(27)24-17-7-3-2-4-8-17/h2-4,7-8,10-11,13,18H,5-6,9,12,14,22H2,1H3,(H2,23,24,27). The lowest BCUT2D eigenvalue weighted by molar-refractivity contribution is 0.0614. The van der Waals surface area contributed by atoms with E-state index in [-0.39, 0.29) is 18.0 Å². The summed E-state index contributed by atoms with van der Waals surface area (Å²) in [5.74, 6) is -0.0187. The highest BCUT2D eigenvalue weighted by atomic mass is 16.2. The smallest absolute Gasteiger partial charge is 0.319 e. The van der Waals surface area contributed by atoms with Crippen molar-refractivity contribution in [1.82, 2.24) is 10.2 Å². The Hall–Kier alpha value is -3.02. The Morgan fingerprint density at radius 2 is 1.93 bits per heavy atom. The first-order valence-electron chi connectivity index (χ1n) is 9.31. The molecule has 0 bridgehead atoms. The molecule has 2 aromatic carbocycles. The van der Waals surface area contributed by atoms with Gasteiger partial charge in [0.2, 0.25) is 0 Å². The number of carbonyl (C=O) groups is 2. The minimum Gasteiger partial charge on any atom is -0.399 e. The molecule has 1 aliphatic rings. The van der Waals surface area contributed by atoms with Crippen LogP contribution in [0.2, 0.25) is 0 Å². The van der Waals surface area contributed by atoms with Crippen molar-refractivity contribution >= 4 is 23.3 Å². The molecule has 3 rings (SSSR count). The Balaban J connectivity index is 1.64. The molecule has 142 valence electrons. The molecule has 1 fully saturated rings. The Morgan fingerprint density at radius 3 is 2.70 bits per heavy atom. The summed E-state index contributed by atoms with van der Waals surface area (Å²) < 4.78 is 0. The molecular weight excluding hydrogens is 340 g/mol. The van der Waals surface area contributed by atoms with Crippen molar-refractivity contribution < 1.29 is 9.59 Å². The van der Waals surface area contributed by atoms with Crippen molar-refractivity contribution in [2.45, 2.75) is 32.2 Å². The molecule has 0 spiro atoms. The molecule has 1 unspecified atom stereocenters. The number of likely N-dealkylation sites (tertiary alicyclic amines) is 1. The maximum atomic E-state index is 13.1. The minimum absolute atomic E-state index is 0.0187. The van der Waals surface area contributed by atoms with E-state index >= 15 is 0 Å². The number of rotatable bonds is 4. The van der Waals surface area contributed by atoms with Crippen LogP contribution in [0.5, 0.6) is 0 Å². The SMILES string of the molecule is Cc1ccc(N)cc1C(=O)N1CCCCC1CNC(=O)Nc1ccccc1. The lowest BCUT2D eigenvalue weighted by Crippen LogP contribution is -2.50. The lowest BCUT2D eigenvalue weighted by Gasteiger charge is -2.36. The molecule has 3 amide bonds. The highest BCUT2D eigenvalue weighted by molar-refractivity contribution is 5.97. The second-order valence-electron chi connectivity index (χ2n) is 6.92. The molecule has 6 nitrogen and oxygen atoms in total. The van der Waals surface area contributed by atoms with Crippen molar-refractivity contribution in [3.63, 3.8) is 0 Å². The van der Waals surface area contributed by atoms with Gasteiger partial charge >= 0.3 is 6.03 Å². The maximum Gasteiger partial charge on any atom is 0.319 e. The molecule has 0 aliphatic carbocycles. The molecular formula is C21H26N4O2. The van der Waals surface area contributed by atoms with Gasteiger partial charge in [0.15, 0.2) is 0 Å². The molecule has 0 aromatic heterocycles. The van der Waals surface area contributed by atoms with Crippen LogP contribution in [0.25, 0.3) is 0 Å². The number of hydrogen-bond acceptors (Lipinski definition) is 3. The molecule has 6 heteroatoms. The summed E-state index contributed by atoms with van der Waals surface area (Å²) in [6.07, 6.45) is 2.89. The number of hydrogen-bond donors (Lipinski definition) is 3. The first-order valence-corrected chi connectivity index (χ1v) is 9.31. The van der Waals surface area contributed by atoms with Crippen molar-refractivity contribution in [2.75, 3.05) is 24.1 Å². The largest absolute Gasteiger partial charge is 0.399 e. The Morgan fingerprint density at radius 1 is 1.15 bits per heavy atom. The van der Waals surface area contributed by atoms with Crippen molar-refractivity contribution in [3.8, 4) is 0 Å². The average Bonchev–Trinajstić information content (AvgIpc) is 2.69. The van der Waals surface area contributed by atoms with Gasteiger partial charge in [-0.15, -0.1) is 0 Å². The van der Waals surface area contributed by atoms with Gasteiger partial charge < -0.3 is 21.3 Å². The number of urea groups is 1. The van der Waals surface area contributed by atoms with Crippen molar-refractivity contribution in [2.24, 2.45) is 0 Å². The number of carbonyl (C=O) groups excluding carboxylic acids is 2. The summed E-state index contributed by atoms with van der Waals surface area (Å²) in [5, 5.41) is 5.70. The molecule has 2 aromatic rings. The number of nitrogen functional groups attached to an aromatic ring is 1. The van der Waals surface area contributed by atoms with E-state index < -0.39 is 0 Å². The Bertz CT molecular complexity index is 807. The fraction of sp³-hybridized carbons (Fsp3) is 0.333. The number of amides is 3. The summed E-state index contributed by atoms with van der Waals surface area (Å²) in [6.45, 7) is 3.03. The third-order valence-electron chi connectivity index (χ3n) is 4.91. The van der Waals surface area contributed by atoms with E-state index in [0.717, 1.165) is 30.5 Å². The van der Waals surface area contributed by atoms with Gasteiger partial charge in [0.25, 0.3) is 5.91 Å². The summed E-state index contributed by atoms with van der Waals surface area (Å²) in [5.41, 5.74) is 8.73. The predicted octanol–water partition coefficient (Wildman–Crippen LogP) is 3.39. The van der Waals surface area contributed by atoms with Gasteiger partial charge in [-0.3, -0.25) is 4.79 Å². The zero-order valence-corrected chi connectivity index (χ0v) is 15.6. The molecule has 4 N–H and O–H groups in total. The van der Waals surface area contributed by atoms with Crippen molar-refractivity contribution in [1.29, 1.82) is 0 Å². The van der Waals surface area contributed by atoms with Crippen LogP contribution in [0.4, 0.5) is 16.2 Å². The van der Waals surface area contributed by atoms with Gasteiger partial charge in [0, 0.05) is 36.1 Å². The molecule has 1 atom stereocenters. The third-order valence-corrected chi connectivity index (χ3v) is 4.91. The van der Waals surface area contributed by atoms with Crippen molar-refractivity contribution in [3.05, 3.63) is 59.7 Å². The van der Waals surface area contributed by atoms with E-state index in [1.54, 1.807) is 12.1 Å². The highest BCUT2D eigenvalue weighted by Gasteiger charge is 2.28. The van der Waals surface area contributed by atoms with Gasteiger partial charge in [-0.05, 0) is 56.0 Å². The summed E-state index contributed by atoms with van der Waals surface area (Å²) >= 11 is 0. The summed E-state index contributed by atoms with van der Waals surface area (Å²) in [6, 6.07) is 14.4. The zero-order valence-electron chi connectivity index (χ0n) is 15.6. The van der Waals surface area contributed by atoms with Gasteiger partial charge in [-0.1, -0.05) is 24.3 Å². The Kier molecular flexibility index (Phi) is 5.96. The first kappa shape index (κ1) is 18.8. The molecule has 1 saturated heterocycles. The number of piperidine rings is 1. The highest BCUT2D eigenvalue weighted by Crippen LogP contribution is 2.22. The molecule has 0 radical (unpaired) electrons. The van der Waals surface area contributed by atoms with E-state index in [9.17, 15) is 9.59 Å². The predicted molar refractivity (Wildman–Crippen MR) is 108 cm³/mol. The number of benzene rings is 2. The molecule has 27 heavy (non-hydrogen) atoms. The van der Waals surface area contributed by atoms with E-state index in [4.69, 9.17) is 5.73 Å². The van der Waals surface area contributed by atoms with Gasteiger partial charge in [-0.2, -0.15) is 0 Å². The van der Waals surface area contributed by atoms with E-state index in [1.165, 1.54) is 0 Å². The van der Waals surface area contributed by atoms with Crippen LogP contribution >= 0.6 is 0 Å². The number of nitrogens with one attached hydrogen (secondary N) is 2. The molecule has 1 heterocycles. The second-order valence-corrected chi connectivity index (χ2v) is 6.92.